The molecular formula is C29H32Cl2FN3O4S. The van der Waals surface area contributed by atoms with E-state index >= 15 is 0 Å². The normalized spacial score (nSPS) is 12.2. The average Bonchev–Trinajstić information content (AvgIpc) is 2.90. The Morgan fingerprint density at radius 3 is 2.05 bits per heavy atom. The van der Waals surface area contributed by atoms with Crippen molar-refractivity contribution in [3.63, 3.8) is 0 Å². The minimum absolute atomic E-state index is 0.133. The Hall–Kier alpha value is -3.14. The van der Waals surface area contributed by atoms with Crippen molar-refractivity contribution in [2.75, 3.05) is 17.4 Å². The molecule has 7 nitrogen and oxygen atoms in total. The quantitative estimate of drug-likeness (QED) is 0.297. The van der Waals surface area contributed by atoms with Crippen LogP contribution in [-0.4, -0.2) is 44.3 Å². The lowest BCUT2D eigenvalue weighted by molar-refractivity contribution is -0.139. The number of rotatable bonds is 11. The summed E-state index contributed by atoms with van der Waals surface area (Å²) in [6, 6.07) is 14.9. The molecule has 0 fully saturated rings. The fourth-order valence-electron chi connectivity index (χ4n) is 3.86. The van der Waals surface area contributed by atoms with Gasteiger partial charge >= 0.3 is 0 Å². The molecular weight excluding hydrogens is 576 g/mol. The number of benzene rings is 3. The molecule has 0 aliphatic rings. The van der Waals surface area contributed by atoms with Crippen LogP contribution in [0.15, 0.2) is 71.6 Å². The van der Waals surface area contributed by atoms with E-state index in [0.717, 1.165) is 34.1 Å². The molecule has 0 radical (unpaired) electrons. The Labute approximate surface area is 244 Å². The van der Waals surface area contributed by atoms with Gasteiger partial charge in [0.15, 0.2) is 0 Å². The summed E-state index contributed by atoms with van der Waals surface area (Å²) in [5.74, 6) is -1.49. The smallest absolute Gasteiger partial charge is 0.264 e. The highest BCUT2D eigenvalue weighted by Gasteiger charge is 2.33. The molecule has 0 saturated heterocycles. The maximum Gasteiger partial charge on any atom is 0.264 e. The number of sulfonamides is 1. The fraction of sp³-hybridized carbons (Fsp3) is 0.310. The number of aryl methyl sites for hydroxylation is 1. The second-order valence-corrected chi connectivity index (χ2v) is 12.5. The Balaban J connectivity index is 2.04. The van der Waals surface area contributed by atoms with Crippen molar-refractivity contribution in [3.05, 3.63) is 93.7 Å². The van der Waals surface area contributed by atoms with Gasteiger partial charge < -0.3 is 10.2 Å². The number of anilines is 1. The van der Waals surface area contributed by atoms with Crippen LogP contribution in [0.3, 0.4) is 0 Å². The molecule has 40 heavy (non-hydrogen) atoms. The van der Waals surface area contributed by atoms with Gasteiger partial charge in [0.25, 0.3) is 10.0 Å². The van der Waals surface area contributed by atoms with Crippen LogP contribution in [0.5, 0.6) is 0 Å². The number of carbonyl (C=O) groups excluding carboxylic acids is 2. The summed E-state index contributed by atoms with van der Waals surface area (Å²) in [6.45, 7) is 6.92. The molecule has 214 valence electrons. The third kappa shape index (κ3) is 7.74. The molecule has 0 unspecified atom stereocenters. The van der Waals surface area contributed by atoms with Crippen molar-refractivity contribution in [1.29, 1.82) is 0 Å². The minimum Gasteiger partial charge on any atom is -0.354 e. The van der Waals surface area contributed by atoms with E-state index in [0.29, 0.717) is 22.2 Å². The largest absolute Gasteiger partial charge is 0.354 e. The van der Waals surface area contributed by atoms with Crippen LogP contribution >= 0.6 is 23.2 Å². The summed E-state index contributed by atoms with van der Waals surface area (Å²) < 4.78 is 42.0. The lowest BCUT2D eigenvalue weighted by atomic mass is 10.1. The van der Waals surface area contributed by atoms with Crippen LogP contribution in [0.1, 0.15) is 31.9 Å². The third-order valence-corrected chi connectivity index (χ3v) is 8.74. The zero-order chi connectivity index (χ0) is 29.6. The summed E-state index contributed by atoms with van der Waals surface area (Å²) in [4.78, 5) is 28.1. The Morgan fingerprint density at radius 2 is 1.50 bits per heavy atom. The van der Waals surface area contributed by atoms with E-state index in [2.05, 4.69) is 5.32 Å². The predicted molar refractivity (Wildman–Crippen MR) is 156 cm³/mol. The number of nitrogens with zero attached hydrogens (tertiary/aromatic N) is 2. The highest BCUT2D eigenvalue weighted by molar-refractivity contribution is 7.92. The van der Waals surface area contributed by atoms with Crippen molar-refractivity contribution in [1.82, 2.24) is 10.2 Å². The highest BCUT2D eigenvalue weighted by Crippen LogP contribution is 2.28. The van der Waals surface area contributed by atoms with Crippen molar-refractivity contribution in [3.8, 4) is 0 Å². The van der Waals surface area contributed by atoms with Crippen LogP contribution in [0.2, 0.25) is 10.0 Å². The van der Waals surface area contributed by atoms with Crippen LogP contribution in [0.4, 0.5) is 10.1 Å². The molecule has 0 spiro atoms. The number of carbonyl (C=O) groups is 2. The maximum atomic E-state index is 13.9. The average molecular weight is 609 g/mol. The summed E-state index contributed by atoms with van der Waals surface area (Å²) in [7, 11) is -4.30. The van der Waals surface area contributed by atoms with Gasteiger partial charge in [-0.15, -0.1) is 0 Å². The Morgan fingerprint density at radius 1 is 0.925 bits per heavy atom. The van der Waals surface area contributed by atoms with Crippen LogP contribution < -0.4 is 9.62 Å². The number of amides is 2. The lowest BCUT2D eigenvalue weighted by Crippen LogP contribution is -2.51. The van der Waals surface area contributed by atoms with Gasteiger partial charge in [-0.3, -0.25) is 13.9 Å². The van der Waals surface area contributed by atoms with Gasteiger partial charge in [0.05, 0.1) is 10.6 Å². The topological polar surface area (TPSA) is 86.8 Å². The SMILES string of the molecule is Cc1ccc(N(CC(=O)N(Cc2c(Cl)cccc2Cl)[C@@H](C)C(=O)NCC(C)C)S(=O)(=O)c2ccc(F)cc2)cc1. The molecule has 0 heterocycles. The molecule has 0 aliphatic heterocycles. The summed E-state index contributed by atoms with van der Waals surface area (Å²) in [5.41, 5.74) is 1.54. The molecule has 3 aromatic rings. The van der Waals surface area contributed by atoms with E-state index in [1.807, 2.05) is 20.8 Å². The molecule has 3 rings (SSSR count). The first kappa shape index (κ1) is 31.4. The van der Waals surface area contributed by atoms with E-state index in [9.17, 15) is 22.4 Å². The van der Waals surface area contributed by atoms with E-state index in [4.69, 9.17) is 23.2 Å². The van der Waals surface area contributed by atoms with Gasteiger partial charge in [-0.25, -0.2) is 12.8 Å². The van der Waals surface area contributed by atoms with Crippen molar-refractivity contribution in [2.24, 2.45) is 5.92 Å². The van der Waals surface area contributed by atoms with Gasteiger partial charge in [0.2, 0.25) is 11.8 Å². The molecule has 0 aliphatic carbocycles. The first-order chi connectivity index (χ1) is 18.8. The lowest BCUT2D eigenvalue weighted by Gasteiger charge is -2.32. The van der Waals surface area contributed by atoms with Gasteiger partial charge in [0, 0.05) is 28.7 Å². The minimum atomic E-state index is -4.30. The van der Waals surface area contributed by atoms with E-state index in [1.165, 1.54) is 4.90 Å². The van der Waals surface area contributed by atoms with Crippen molar-refractivity contribution >= 4 is 50.7 Å². The number of nitrogens with one attached hydrogen (secondary N) is 1. The summed E-state index contributed by atoms with van der Waals surface area (Å²) in [6.07, 6.45) is 0. The fourth-order valence-corrected chi connectivity index (χ4v) is 5.79. The van der Waals surface area contributed by atoms with Crippen LogP contribution in [-0.2, 0) is 26.2 Å². The van der Waals surface area contributed by atoms with Gasteiger partial charge in [0.1, 0.15) is 18.4 Å². The highest BCUT2D eigenvalue weighted by atomic mass is 35.5. The molecule has 0 aromatic heterocycles. The zero-order valence-corrected chi connectivity index (χ0v) is 25.0. The number of hydrogen-bond acceptors (Lipinski definition) is 4. The first-order valence-corrected chi connectivity index (χ1v) is 14.9. The number of hydrogen-bond donors (Lipinski definition) is 1. The summed E-state index contributed by atoms with van der Waals surface area (Å²) >= 11 is 12.8. The Bertz CT molecular complexity index is 1430. The van der Waals surface area contributed by atoms with Gasteiger partial charge in [-0.1, -0.05) is 60.8 Å². The predicted octanol–water partition coefficient (Wildman–Crippen LogP) is 5.83. The van der Waals surface area contributed by atoms with E-state index < -0.39 is 40.2 Å². The zero-order valence-electron chi connectivity index (χ0n) is 22.7. The standard InChI is InChI=1S/C29H32Cl2FN3O4S/c1-19(2)16-33-29(37)21(4)34(17-25-26(30)6-5-7-27(25)31)28(36)18-35(23-12-8-20(3)9-13-23)40(38,39)24-14-10-22(32)11-15-24/h5-15,19,21H,16-18H2,1-4H3,(H,33,37)/t21-/m0/s1. The molecule has 1 N–H and O–H groups in total. The second kappa shape index (κ2) is 13.5. The van der Waals surface area contributed by atoms with Crippen LogP contribution in [0, 0.1) is 18.7 Å². The monoisotopic (exact) mass is 607 g/mol. The maximum absolute atomic E-state index is 13.9. The molecule has 0 saturated carbocycles. The van der Waals surface area contributed by atoms with Gasteiger partial charge in [-0.05, 0) is 68.3 Å². The molecule has 11 heteroatoms. The second-order valence-electron chi connectivity index (χ2n) is 9.84. The van der Waals surface area contributed by atoms with E-state index in [1.54, 1.807) is 49.4 Å². The summed E-state index contributed by atoms with van der Waals surface area (Å²) in [5, 5.41) is 3.42. The van der Waals surface area contributed by atoms with Crippen molar-refractivity contribution < 1.29 is 22.4 Å². The van der Waals surface area contributed by atoms with Crippen LogP contribution in [0.25, 0.3) is 0 Å². The molecule has 0 bridgehead atoms. The third-order valence-electron chi connectivity index (χ3n) is 6.24. The first-order valence-electron chi connectivity index (χ1n) is 12.7. The van der Waals surface area contributed by atoms with Crippen molar-refractivity contribution in [2.45, 2.75) is 45.2 Å². The Kier molecular flexibility index (Phi) is 10.6. The van der Waals surface area contributed by atoms with E-state index in [-0.39, 0.29) is 23.0 Å². The molecule has 2 amide bonds. The van der Waals surface area contributed by atoms with Gasteiger partial charge in [-0.2, -0.15) is 0 Å². The number of halogens is 3. The molecule has 1 atom stereocenters. The molecule has 3 aromatic carbocycles.